The number of aromatic nitrogens is 3. The Morgan fingerprint density at radius 2 is 2.25 bits per heavy atom. The molecule has 9 heteroatoms. The largest absolute Gasteiger partial charge is 0.364 e. The van der Waals surface area contributed by atoms with Crippen molar-refractivity contribution in [2.45, 2.75) is 18.2 Å². The summed E-state index contributed by atoms with van der Waals surface area (Å²) in [5.74, 6) is -0.373. The first-order valence-electron chi connectivity index (χ1n) is 5.86. The van der Waals surface area contributed by atoms with Crippen molar-refractivity contribution in [1.29, 1.82) is 0 Å². The van der Waals surface area contributed by atoms with Gasteiger partial charge in [0.2, 0.25) is 0 Å². The number of primary amides is 1. The lowest BCUT2D eigenvalue weighted by Gasteiger charge is -2.05. The fourth-order valence-electron chi connectivity index (χ4n) is 1.79. The minimum Gasteiger partial charge on any atom is -0.364 e. The van der Waals surface area contributed by atoms with E-state index in [1.165, 1.54) is 16.8 Å². The number of sulfonamides is 1. The van der Waals surface area contributed by atoms with Crippen LogP contribution in [0.2, 0.25) is 0 Å². The van der Waals surface area contributed by atoms with Crippen molar-refractivity contribution in [2.75, 3.05) is 4.72 Å². The van der Waals surface area contributed by atoms with E-state index in [0.29, 0.717) is 12.2 Å². The zero-order chi connectivity index (χ0) is 14.9. The van der Waals surface area contributed by atoms with Crippen LogP contribution in [0.25, 0.3) is 0 Å². The van der Waals surface area contributed by atoms with Crippen LogP contribution in [-0.2, 0) is 23.5 Å². The molecule has 0 aromatic carbocycles. The summed E-state index contributed by atoms with van der Waals surface area (Å²) in [6, 6.07) is 1.23. The van der Waals surface area contributed by atoms with Crippen molar-refractivity contribution in [2.24, 2.45) is 12.8 Å². The molecule has 0 atom stereocenters. The molecular formula is C11H15N5O3S. The Labute approximate surface area is 116 Å². The number of rotatable bonds is 5. The Hall–Kier alpha value is -2.29. The van der Waals surface area contributed by atoms with Crippen LogP contribution in [0.3, 0.4) is 0 Å². The number of nitrogens with one attached hydrogen (secondary N) is 2. The van der Waals surface area contributed by atoms with E-state index in [0.717, 1.165) is 5.56 Å². The van der Waals surface area contributed by atoms with E-state index in [-0.39, 0.29) is 10.6 Å². The van der Waals surface area contributed by atoms with Crippen LogP contribution in [0.5, 0.6) is 0 Å². The number of H-pyrrole nitrogens is 1. The number of aryl methyl sites for hydroxylation is 2. The van der Waals surface area contributed by atoms with Crippen LogP contribution in [0.4, 0.5) is 5.82 Å². The lowest BCUT2D eigenvalue weighted by atomic mass is 10.3. The normalized spacial score (nSPS) is 11.5. The highest BCUT2D eigenvalue weighted by Gasteiger charge is 2.21. The third-order valence-corrected chi connectivity index (χ3v) is 4.19. The number of carbonyl (C=O) groups excluding carboxylic acids is 1. The maximum Gasteiger partial charge on any atom is 0.265 e. The Bertz CT molecular complexity index is 744. The number of carbonyl (C=O) groups is 1. The van der Waals surface area contributed by atoms with E-state index in [2.05, 4.69) is 14.9 Å². The van der Waals surface area contributed by atoms with Crippen LogP contribution in [0.15, 0.2) is 23.4 Å². The predicted octanol–water partition coefficient (Wildman–Crippen LogP) is 0.210. The first-order valence-corrected chi connectivity index (χ1v) is 7.34. The van der Waals surface area contributed by atoms with E-state index < -0.39 is 15.9 Å². The first kappa shape index (κ1) is 14.1. The Kier molecular flexibility index (Phi) is 3.53. The SMILES string of the molecule is CCc1cn[nH]c1NS(=O)(=O)c1cc(C(N)=O)n(C)c1. The van der Waals surface area contributed by atoms with E-state index >= 15 is 0 Å². The van der Waals surface area contributed by atoms with Gasteiger partial charge in [-0.2, -0.15) is 5.10 Å². The number of hydrogen-bond donors (Lipinski definition) is 3. The van der Waals surface area contributed by atoms with Gasteiger partial charge in [0.25, 0.3) is 15.9 Å². The molecule has 2 aromatic rings. The Morgan fingerprint density at radius 3 is 2.80 bits per heavy atom. The summed E-state index contributed by atoms with van der Waals surface area (Å²) < 4.78 is 28.2. The van der Waals surface area contributed by atoms with Gasteiger partial charge in [-0.3, -0.25) is 14.6 Å². The van der Waals surface area contributed by atoms with Gasteiger partial charge >= 0.3 is 0 Å². The molecule has 8 nitrogen and oxygen atoms in total. The summed E-state index contributed by atoms with van der Waals surface area (Å²) >= 11 is 0. The quantitative estimate of drug-likeness (QED) is 0.730. The second-order valence-corrected chi connectivity index (χ2v) is 5.95. The van der Waals surface area contributed by atoms with Crippen molar-refractivity contribution in [1.82, 2.24) is 14.8 Å². The molecule has 2 heterocycles. The molecule has 0 radical (unpaired) electrons. The molecule has 0 unspecified atom stereocenters. The molecule has 0 saturated heterocycles. The summed E-state index contributed by atoms with van der Waals surface area (Å²) in [6.45, 7) is 1.89. The van der Waals surface area contributed by atoms with Gasteiger partial charge in [-0.1, -0.05) is 6.92 Å². The predicted molar refractivity (Wildman–Crippen MR) is 72.7 cm³/mol. The molecule has 1 amide bonds. The number of nitrogens with zero attached hydrogens (tertiary/aromatic N) is 2. The van der Waals surface area contributed by atoms with Crippen molar-refractivity contribution in [3.05, 3.63) is 29.7 Å². The smallest absolute Gasteiger partial charge is 0.265 e. The second kappa shape index (κ2) is 5.00. The molecule has 0 bridgehead atoms. The van der Waals surface area contributed by atoms with Crippen LogP contribution in [0, 0.1) is 0 Å². The van der Waals surface area contributed by atoms with Crippen molar-refractivity contribution < 1.29 is 13.2 Å². The van der Waals surface area contributed by atoms with Gasteiger partial charge in [0.05, 0.1) is 6.20 Å². The van der Waals surface area contributed by atoms with Crippen LogP contribution in [0.1, 0.15) is 23.0 Å². The first-order chi connectivity index (χ1) is 9.35. The number of nitrogens with two attached hydrogens (primary N) is 1. The highest BCUT2D eigenvalue weighted by atomic mass is 32.2. The second-order valence-electron chi connectivity index (χ2n) is 4.27. The van der Waals surface area contributed by atoms with Gasteiger partial charge in [-0.05, 0) is 12.5 Å². The summed E-state index contributed by atoms with van der Waals surface area (Å²) in [7, 11) is -2.25. The number of aromatic amines is 1. The maximum absolute atomic E-state index is 12.2. The zero-order valence-electron chi connectivity index (χ0n) is 11.0. The number of amides is 1. The third kappa shape index (κ3) is 2.52. The molecule has 0 aliphatic carbocycles. The summed E-state index contributed by atoms with van der Waals surface area (Å²) in [4.78, 5) is 11.1. The zero-order valence-corrected chi connectivity index (χ0v) is 11.9. The summed E-state index contributed by atoms with van der Waals surface area (Å²) in [5, 5.41) is 6.38. The summed E-state index contributed by atoms with van der Waals surface area (Å²) in [6.07, 6.45) is 3.51. The molecule has 108 valence electrons. The van der Waals surface area contributed by atoms with Crippen molar-refractivity contribution in [3.63, 3.8) is 0 Å². The molecule has 0 aliphatic rings. The molecule has 4 N–H and O–H groups in total. The van der Waals surface area contributed by atoms with Gasteiger partial charge < -0.3 is 10.3 Å². The molecule has 0 fully saturated rings. The highest BCUT2D eigenvalue weighted by Crippen LogP contribution is 2.19. The lowest BCUT2D eigenvalue weighted by Crippen LogP contribution is -2.15. The van der Waals surface area contributed by atoms with Gasteiger partial charge in [0.15, 0.2) is 0 Å². The van der Waals surface area contributed by atoms with Crippen molar-refractivity contribution >= 4 is 21.7 Å². The molecule has 2 rings (SSSR count). The Morgan fingerprint density at radius 1 is 1.55 bits per heavy atom. The molecule has 0 spiro atoms. The van der Waals surface area contributed by atoms with Crippen molar-refractivity contribution in [3.8, 4) is 0 Å². The topological polar surface area (TPSA) is 123 Å². The van der Waals surface area contributed by atoms with Gasteiger partial charge in [0, 0.05) is 18.8 Å². The van der Waals surface area contributed by atoms with Crippen LogP contribution >= 0.6 is 0 Å². The minimum absolute atomic E-state index is 0.0366. The molecule has 0 saturated carbocycles. The average molecular weight is 297 g/mol. The monoisotopic (exact) mass is 297 g/mol. The minimum atomic E-state index is -3.80. The molecular weight excluding hydrogens is 282 g/mol. The van der Waals surface area contributed by atoms with Crippen LogP contribution in [-0.4, -0.2) is 29.1 Å². The highest BCUT2D eigenvalue weighted by molar-refractivity contribution is 7.92. The molecule has 20 heavy (non-hydrogen) atoms. The van der Waals surface area contributed by atoms with Crippen LogP contribution < -0.4 is 10.5 Å². The van der Waals surface area contributed by atoms with Gasteiger partial charge in [-0.25, -0.2) is 8.42 Å². The lowest BCUT2D eigenvalue weighted by molar-refractivity contribution is 0.0992. The Balaban J connectivity index is 2.36. The van der Waals surface area contributed by atoms with Gasteiger partial charge in [-0.15, -0.1) is 0 Å². The van der Waals surface area contributed by atoms with E-state index in [1.807, 2.05) is 6.92 Å². The number of anilines is 1. The molecule has 0 aliphatic heterocycles. The van der Waals surface area contributed by atoms with E-state index in [4.69, 9.17) is 5.73 Å². The fraction of sp³-hybridized carbons (Fsp3) is 0.273. The third-order valence-electron chi connectivity index (χ3n) is 2.88. The molecule has 2 aromatic heterocycles. The standard InChI is InChI=1S/C11H15N5O3S/c1-3-7-5-13-14-11(7)15-20(18,19)8-4-9(10(12)17)16(2)6-8/h4-6H,3H2,1-2H3,(H2,12,17)(H2,13,14,15). The van der Waals surface area contributed by atoms with Gasteiger partial charge in [0.1, 0.15) is 16.4 Å². The van der Waals surface area contributed by atoms with E-state index in [9.17, 15) is 13.2 Å². The number of hydrogen-bond acceptors (Lipinski definition) is 4. The van der Waals surface area contributed by atoms with E-state index in [1.54, 1.807) is 13.2 Å². The maximum atomic E-state index is 12.2. The fourth-order valence-corrected chi connectivity index (χ4v) is 2.91. The summed E-state index contributed by atoms with van der Waals surface area (Å²) in [5.41, 5.74) is 6.03. The average Bonchev–Trinajstić information content (AvgIpc) is 2.95.